The van der Waals surface area contributed by atoms with Crippen LogP contribution in [0.5, 0.6) is 0 Å². The summed E-state index contributed by atoms with van der Waals surface area (Å²) in [5.74, 6) is 0. The van der Waals surface area contributed by atoms with Crippen molar-refractivity contribution in [2.24, 2.45) is 0 Å². The van der Waals surface area contributed by atoms with Crippen LogP contribution in [-0.4, -0.2) is 3.21 Å². The number of hydrogen-bond acceptors (Lipinski definition) is 0. The molecule has 6 rings (SSSR count). The monoisotopic (exact) mass is 709 g/mol. The van der Waals surface area contributed by atoms with Gasteiger partial charge in [0.15, 0.2) is 0 Å². The van der Waals surface area contributed by atoms with Crippen LogP contribution in [0.4, 0.5) is 0 Å². The SMILES string of the molecule is CCCc1cc2c(c(C3=CC=CC3)c1C(C)(C)C)[CH]([Zr+2]=[C](c1ccccc1)c1ccccc1)c1cc(C(C)(C)C)ccc1-2.[Cl-].[Cl-]. The first kappa shape index (κ1) is 35.5. The molecule has 45 heavy (non-hydrogen) atoms. The van der Waals surface area contributed by atoms with Crippen LogP contribution in [0.25, 0.3) is 16.7 Å². The normalized spacial score (nSPS) is 14.9. The fraction of sp³-hybridized carbons (Fsp3) is 0.310. The summed E-state index contributed by atoms with van der Waals surface area (Å²) in [6.07, 6.45) is 10.3. The van der Waals surface area contributed by atoms with E-state index in [2.05, 4.69) is 152 Å². The molecule has 0 N–H and O–H groups in total. The van der Waals surface area contributed by atoms with Crippen LogP contribution in [0.1, 0.15) is 109 Å². The summed E-state index contributed by atoms with van der Waals surface area (Å²) in [4.78, 5) is 0. The summed E-state index contributed by atoms with van der Waals surface area (Å²) in [7, 11) is 0. The minimum absolute atomic E-state index is 0. The van der Waals surface area contributed by atoms with Crippen molar-refractivity contribution in [1.82, 2.24) is 0 Å². The van der Waals surface area contributed by atoms with Crippen molar-refractivity contribution in [3.63, 3.8) is 0 Å². The molecule has 0 saturated carbocycles. The number of fused-ring (bicyclic) bond motifs is 3. The summed E-state index contributed by atoms with van der Waals surface area (Å²) in [5.41, 5.74) is 16.8. The molecule has 0 fully saturated rings. The Kier molecular flexibility index (Phi) is 11.2. The quantitative estimate of drug-likeness (QED) is 0.264. The summed E-state index contributed by atoms with van der Waals surface area (Å²) >= 11 is -1.24. The van der Waals surface area contributed by atoms with E-state index in [0.717, 1.165) is 19.3 Å². The fourth-order valence-corrected chi connectivity index (χ4v) is 11.5. The minimum Gasteiger partial charge on any atom is -1.00 e. The van der Waals surface area contributed by atoms with Crippen LogP contribution < -0.4 is 24.8 Å². The smallest absolute Gasteiger partial charge is 1.00 e. The maximum absolute atomic E-state index is 2.62. The van der Waals surface area contributed by atoms with Gasteiger partial charge in [0.05, 0.1) is 0 Å². The van der Waals surface area contributed by atoms with Gasteiger partial charge >= 0.3 is 273 Å². The molecule has 0 heterocycles. The second-order valence-corrected chi connectivity index (χ2v) is 17.7. The van der Waals surface area contributed by atoms with E-state index < -0.39 is 22.8 Å². The van der Waals surface area contributed by atoms with Crippen molar-refractivity contribution in [2.75, 3.05) is 0 Å². The van der Waals surface area contributed by atoms with Crippen LogP contribution >= 0.6 is 0 Å². The third-order valence-corrected chi connectivity index (χ3v) is 13.3. The second kappa shape index (κ2) is 14.2. The van der Waals surface area contributed by atoms with Crippen molar-refractivity contribution >= 4 is 8.78 Å². The molecular formula is C42H45Cl2Zr. The number of allylic oxidation sites excluding steroid dienone is 4. The van der Waals surface area contributed by atoms with Gasteiger partial charge in [0.2, 0.25) is 0 Å². The zero-order valence-corrected chi connectivity index (χ0v) is 31.7. The Bertz CT molecular complexity index is 1710. The van der Waals surface area contributed by atoms with Gasteiger partial charge in [-0.05, 0) is 0 Å². The molecule has 0 nitrogen and oxygen atoms in total. The minimum atomic E-state index is -1.24. The Morgan fingerprint density at radius 1 is 0.756 bits per heavy atom. The molecule has 0 radical (unpaired) electrons. The standard InChI is InChI=1S/C29H35.C13H10.2ClH.Zr/c1-8-11-20-17-24-23-15-14-22(28(2,3)4)16-21(23)18-25(24)26(19-12-9-10-13-19)27(20)29(5,6)7;1-3-7-12(8-4-1)11-13-9-5-2-6-10-13;;;/h9-10,12,14-18H,8,11,13H2,1-7H3;1-10H;2*1H;/q;;;;+2/p-2. The summed E-state index contributed by atoms with van der Waals surface area (Å²) < 4.78 is 2.04. The van der Waals surface area contributed by atoms with Crippen LogP contribution in [-0.2, 0) is 40.0 Å². The van der Waals surface area contributed by atoms with Crippen molar-refractivity contribution in [3.8, 4) is 11.1 Å². The van der Waals surface area contributed by atoms with Gasteiger partial charge in [0.25, 0.3) is 0 Å². The first-order valence-electron chi connectivity index (χ1n) is 16.0. The molecule has 0 bridgehead atoms. The predicted octanol–water partition coefficient (Wildman–Crippen LogP) is 5.01. The van der Waals surface area contributed by atoms with Gasteiger partial charge in [-0.2, -0.15) is 0 Å². The maximum Gasteiger partial charge on any atom is -1.00 e. The van der Waals surface area contributed by atoms with Crippen molar-refractivity contribution in [1.29, 1.82) is 0 Å². The topological polar surface area (TPSA) is 0 Å². The average molecular weight is 712 g/mol. The fourth-order valence-electron chi connectivity index (χ4n) is 7.07. The molecular weight excluding hydrogens is 667 g/mol. The molecule has 4 aromatic rings. The molecule has 1 unspecified atom stereocenters. The van der Waals surface area contributed by atoms with E-state index in [4.69, 9.17) is 0 Å². The van der Waals surface area contributed by atoms with Crippen molar-refractivity contribution in [3.05, 3.63) is 148 Å². The predicted molar refractivity (Wildman–Crippen MR) is 183 cm³/mol. The zero-order chi connectivity index (χ0) is 30.4. The van der Waals surface area contributed by atoms with Crippen LogP contribution in [0, 0.1) is 0 Å². The summed E-state index contributed by atoms with van der Waals surface area (Å²) in [6, 6.07) is 32.6. The Hall–Kier alpha value is -2.31. The first-order chi connectivity index (χ1) is 20.6. The number of rotatable bonds is 6. The van der Waals surface area contributed by atoms with E-state index in [1.165, 1.54) is 33.4 Å². The Morgan fingerprint density at radius 2 is 1.38 bits per heavy atom. The van der Waals surface area contributed by atoms with Crippen LogP contribution in [0.2, 0.25) is 0 Å². The molecule has 0 spiro atoms. The maximum atomic E-state index is 2.62. The Balaban J connectivity index is 0.00000230. The van der Waals surface area contributed by atoms with Gasteiger partial charge in [-0.25, -0.2) is 0 Å². The molecule has 0 aliphatic heterocycles. The number of aryl methyl sites for hydroxylation is 1. The Labute approximate surface area is 295 Å². The number of halogens is 2. The van der Waals surface area contributed by atoms with Gasteiger partial charge in [-0.3, -0.25) is 0 Å². The van der Waals surface area contributed by atoms with E-state index in [9.17, 15) is 0 Å². The van der Waals surface area contributed by atoms with E-state index >= 15 is 0 Å². The van der Waals surface area contributed by atoms with E-state index in [1.54, 1.807) is 31.0 Å². The van der Waals surface area contributed by atoms with E-state index in [0.29, 0.717) is 3.63 Å². The second-order valence-electron chi connectivity index (χ2n) is 14.3. The third kappa shape index (κ3) is 7.03. The molecule has 1 atom stereocenters. The molecule has 0 saturated heterocycles. The molecule has 3 heteroatoms. The Morgan fingerprint density at radius 3 is 1.89 bits per heavy atom. The molecule has 4 aromatic carbocycles. The van der Waals surface area contributed by atoms with Crippen molar-refractivity contribution < 1.29 is 47.6 Å². The van der Waals surface area contributed by atoms with Gasteiger partial charge in [0.1, 0.15) is 0 Å². The van der Waals surface area contributed by atoms with Gasteiger partial charge in [0, 0.05) is 0 Å². The first-order valence-corrected chi connectivity index (χ1v) is 18.7. The number of hydrogen-bond donors (Lipinski definition) is 0. The summed E-state index contributed by atoms with van der Waals surface area (Å²) in [6.45, 7) is 16.7. The summed E-state index contributed by atoms with van der Waals surface area (Å²) in [5, 5.41) is 0. The molecule has 231 valence electrons. The number of benzene rings is 4. The van der Waals surface area contributed by atoms with E-state index in [-0.39, 0.29) is 35.6 Å². The van der Waals surface area contributed by atoms with Gasteiger partial charge in [-0.15, -0.1) is 0 Å². The van der Waals surface area contributed by atoms with E-state index in [1.807, 2.05) is 0 Å². The molecule has 2 aliphatic rings. The van der Waals surface area contributed by atoms with Crippen LogP contribution in [0.15, 0.2) is 103 Å². The van der Waals surface area contributed by atoms with Crippen molar-refractivity contribution in [2.45, 2.75) is 82.2 Å². The van der Waals surface area contributed by atoms with Gasteiger partial charge < -0.3 is 24.8 Å². The molecule has 0 aromatic heterocycles. The molecule has 2 aliphatic carbocycles. The van der Waals surface area contributed by atoms with Crippen LogP contribution in [0.3, 0.4) is 0 Å². The third-order valence-electron chi connectivity index (χ3n) is 9.03. The largest absolute Gasteiger partial charge is 1.00 e. The molecule has 0 amide bonds. The zero-order valence-electron chi connectivity index (χ0n) is 27.8. The average Bonchev–Trinajstić information content (AvgIpc) is 3.62. The van der Waals surface area contributed by atoms with Gasteiger partial charge in [-0.1, -0.05) is 0 Å².